The summed E-state index contributed by atoms with van der Waals surface area (Å²) in [4.78, 5) is 0. The van der Waals surface area contributed by atoms with Gasteiger partial charge in [0.1, 0.15) is 5.60 Å². The molecule has 0 radical (unpaired) electrons. The van der Waals surface area contributed by atoms with Gasteiger partial charge in [-0.05, 0) is 65.9 Å². The fourth-order valence-electron chi connectivity index (χ4n) is 6.57. The van der Waals surface area contributed by atoms with Crippen LogP contribution < -0.4 is 0 Å². The SMILES string of the molecule is CC1=CC(O)CC(C)(C)[C@H]1/C=C/C(C)=C/C=C/C(C)=C/C=C/C=C(C)/C=C/C=C(C)/C=C/C1(O)C(C)(C)CC(O)CC1(C)O. The summed E-state index contributed by atoms with van der Waals surface area (Å²) in [7, 11) is 0. The first-order valence-electron chi connectivity index (χ1n) is 15.9. The van der Waals surface area contributed by atoms with Crippen LogP contribution in [0, 0.1) is 16.7 Å². The van der Waals surface area contributed by atoms with E-state index in [0.29, 0.717) is 12.3 Å². The molecule has 4 nitrogen and oxygen atoms in total. The number of rotatable bonds is 10. The van der Waals surface area contributed by atoms with Crippen molar-refractivity contribution in [3.8, 4) is 0 Å². The number of allylic oxidation sites excluding steroid dienone is 18. The summed E-state index contributed by atoms with van der Waals surface area (Å²) in [5.74, 6) is 0.330. The van der Waals surface area contributed by atoms with E-state index in [0.717, 1.165) is 23.1 Å². The van der Waals surface area contributed by atoms with Crippen molar-refractivity contribution in [2.75, 3.05) is 0 Å². The normalized spacial score (nSPS) is 32.6. The van der Waals surface area contributed by atoms with Gasteiger partial charge in [-0.25, -0.2) is 0 Å². The summed E-state index contributed by atoms with van der Waals surface area (Å²) in [6, 6.07) is 0. The quantitative estimate of drug-likeness (QED) is 0.149. The molecular weight excluding hydrogens is 544 g/mol. The standard InChI is InChI=1S/C40H58O4/c1-29(17-13-19-31(3)21-22-36-33(5)25-34(41)26-37(36,6)7)15-11-12-16-30(2)18-14-20-32(4)23-24-40(44)38(8,9)27-35(42)28-39(40,10)43/h11-25,34-36,41-44H,26-28H2,1-10H3/b12-11+,17-13+,18-14+,22-21+,24-23+,29-15+,30-16+,31-19+,32-20+/t34?,35?,36-,39?,40?/m0/s1. The molecule has 2 aliphatic rings. The smallest absolute Gasteiger partial charge is 0.117 e. The highest BCUT2D eigenvalue weighted by Crippen LogP contribution is 2.50. The maximum absolute atomic E-state index is 11.4. The maximum atomic E-state index is 11.4. The van der Waals surface area contributed by atoms with Crippen molar-refractivity contribution in [1.82, 2.24) is 0 Å². The van der Waals surface area contributed by atoms with E-state index in [-0.39, 0.29) is 17.9 Å². The van der Waals surface area contributed by atoms with Crippen LogP contribution in [0.5, 0.6) is 0 Å². The van der Waals surface area contributed by atoms with Gasteiger partial charge in [0.2, 0.25) is 0 Å². The lowest BCUT2D eigenvalue weighted by molar-refractivity contribution is -0.216. The van der Waals surface area contributed by atoms with E-state index in [2.05, 4.69) is 77.2 Å². The average molecular weight is 603 g/mol. The van der Waals surface area contributed by atoms with Crippen LogP contribution in [-0.4, -0.2) is 43.8 Å². The fraction of sp³-hybridized carbons (Fsp3) is 0.500. The van der Waals surface area contributed by atoms with Gasteiger partial charge in [-0.15, -0.1) is 0 Å². The van der Waals surface area contributed by atoms with Crippen LogP contribution in [0.1, 0.15) is 88.5 Å². The Labute approximate surface area is 267 Å². The first-order chi connectivity index (χ1) is 20.3. The summed E-state index contributed by atoms with van der Waals surface area (Å²) in [5.41, 5.74) is 2.13. The van der Waals surface area contributed by atoms with Gasteiger partial charge in [0.25, 0.3) is 0 Å². The van der Waals surface area contributed by atoms with E-state index in [4.69, 9.17) is 0 Å². The Morgan fingerprint density at radius 3 is 1.66 bits per heavy atom. The van der Waals surface area contributed by atoms with Crippen LogP contribution in [-0.2, 0) is 0 Å². The van der Waals surface area contributed by atoms with Crippen molar-refractivity contribution < 1.29 is 20.4 Å². The van der Waals surface area contributed by atoms with Crippen molar-refractivity contribution in [2.24, 2.45) is 16.7 Å². The van der Waals surface area contributed by atoms with Gasteiger partial charge in [0.05, 0.1) is 17.8 Å². The third-order valence-electron chi connectivity index (χ3n) is 9.16. The highest BCUT2D eigenvalue weighted by molar-refractivity contribution is 5.33. The Balaban J connectivity index is 1.93. The average Bonchev–Trinajstić information content (AvgIpc) is 2.87. The second-order valence-corrected chi connectivity index (χ2v) is 14.6. The Bertz CT molecular complexity index is 1280. The van der Waals surface area contributed by atoms with Crippen molar-refractivity contribution in [3.63, 3.8) is 0 Å². The van der Waals surface area contributed by atoms with E-state index >= 15 is 0 Å². The number of hydrogen-bond acceptors (Lipinski definition) is 4. The molecule has 4 N–H and O–H groups in total. The maximum Gasteiger partial charge on any atom is 0.117 e. The van der Waals surface area contributed by atoms with E-state index in [1.165, 1.54) is 11.1 Å². The molecular formula is C40H58O4. The zero-order valence-electron chi connectivity index (χ0n) is 28.8. The summed E-state index contributed by atoms with van der Waals surface area (Å²) in [5, 5.41) is 42.5. The van der Waals surface area contributed by atoms with E-state index in [1.807, 2.05) is 70.2 Å². The topological polar surface area (TPSA) is 80.9 Å². The molecule has 242 valence electrons. The van der Waals surface area contributed by atoms with Crippen molar-refractivity contribution in [2.45, 2.75) is 112 Å². The molecule has 0 aromatic carbocycles. The predicted molar refractivity (Wildman–Crippen MR) is 187 cm³/mol. The van der Waals surface area contributed by atoms with Crippen molar-refractivity contribution >= 4 is 0 Å². The second kappa shape index (κ2) is 15.5. The summed E-state index contributed by atoms with van der Waals surface area (Å²) in [6.07, 6.45) is 30.7. The molecule has 0 spiro atoms. The summed E-state index contributed by atoms with van der Waals surface area (Å²) >= 11 is 0. The Morgan fingerprint density at radius 1 is 0.682 bits per heavy atom. The van der Waals surface area contributed by atoms with Crippen LogP contribution in [0.4, 0.5) is 0 Å². The third kappa shape index (κ3) is 10.4. The van der Waals surface area contributed by atoms with Gasteiger partial charge >= 0.3 is 0 Å². The van der Waals surface area contributed by atoms with E-state index < -0.39 is 22.7 Å². The van der Waals surface area contributed by atoms with Gasteiger partial charge in [0, 0.05) is 17.8 Å². The van der Waals surface area contributed by atoms with Gasteiger partial charge in [-0.1, -0.05) is 141 Å². The van der Waals surface area contributed by atoms with Crippen LogP contribution in [0.2, 0.25) is 0 Å². The zero-order chi connectivity index (χ0) is 33.3. The molecule has 1 saturated carbocycles. The van der Waals surface area contributed by atoms with Crippen molar-refractivity contribution in [3.05, 3.63) is 119 Å². The van der Waals surface area contributed by atoms with E-state index in [9.17, 15) is 20.4 Å². The van der Waals surface area contributed by atoms with Gasteiger partial charge < -0.3 is 20.4 Å². The summed E-state index contributed by atoms with van der Waals surface area (Å²) in [6.45, 7) is 20.1. The predicted octanol–water partition coefficient (Wildman–Crippen LogP) is 8.57. The summed E-state index contributed by atoms with van der Waals surface area (Å²) < 4.78 is 0. The highest BCUT2D eigenvalue weighted by atomic mass is 16.4. The Morgan fingerprint density at radius 2 is 1.16 bits per heavy atom. The van der Waals surface area contributed by atoms with Gasteiger partial charge in [-0.3, -0.25) is 0 Å². The first kappa shape index (κ1) is 37.4. The van der Waals surface area contributed by atoms with Crippen LogP contribution in [0.25, 0.3) is 0 Å². The molecule has 2 aliphatic carbocycles. The lowest BCUT2D eigenvalue weighted by Crippen LogP contribution is -2.65. The van der Waals surface area contributed by atoms with Crippen LogP contribution >= 0.6 is 0 Å². The minimum atomic E-state index is -1.44. The molecule has 0 aliphatic heterocycles. The Kier molecular flexibility index (Phi) is 13.2. The number of aliphatic hydroxyl groups is 4. The fourth-order valence-corrected chi connectivity index (χ4v) is 6.57. The molecule has 0 aromatic rings. The van der Waals surface area contributed by atoms with E-state index in [1.54, 1.807) is 13.0 Å². The molecule has 44 heavy (non-hydrogen) atoms. The lowest BCUT2D eigenvalue weighted by atomic mass is 9.57. The first-order valence-corrected chi connectivity index (χ1v) is 15.9. The zero-order valence-corrected chi connectivity index (χ0v) is 28.8. The molecule has 4 unspecified atom stereocenters. The number of hydrogen-bond donors (Lipinski definition) is 4. The molecule has 0 heterocycles. The minimum Gasteiger partial charge on any atom is -0.393 e. The van der Waals surface area contributed by atoms with Crippen LogP contribution in [0.15, 0.2) is 119 Å². The molecule has 0 bridgehead atoms. The molecule has 5 atom stereocenters. The lowest BCUT2D eigenvalue weighted by Gasteiger charge is -2.54. The third-order valence-corrected chi connectivity index (χ3v) is 9.16. The molecule has 0 saturated heterocycles. The molecule has 0 amide bonds. The second-order valence-electron chi connectivity index (χ2n) is 14.6. The monoisotopic (exact) mass is 602 g/mol. The highest BCUT2D eigenvalue weighted by Gasteiger charge is 2.58. The molecule has 2 rings (SSSR count). The minimum absolute atomic E-state index is 0.0406. The number of aliphatic hydroxyl groups excluding tert-OH is 2. The van der Waals surface area contributed by atoms with Crippen LogP contribution in [0.3, 0.4) is 0 Å². The van der Waals surface area contributed by atoms with Crippen molar-refractivity contribution in [1.29, 1.82) is 0 Å². The molecule has 1 fully saturated rings. The molecule has 0 aromatic heterocycles. The van der Waals surface area contributed by atoms with Gasteiger partial charge in [0.15, 0.2) is 0 Å². The molecule has 4 heteroatoms. The van der Waals surface area contributed by atoms with Gasteiger partial charge in [-0.2, -0.15) is 0 Å². The largest absolute Gasteiger partial charge is 0.393 e. The Hall–Kier alpha value is -2.76.